The molecule has 0 aromatic carbocycles. The molecule has 4 aliphatic carbocycles. The largest absolute Gasteiger partial charge is 0.314 e. The van der Waals surface area contributed by atoms with Gasteiger partial charge in [0.25, 0.3) is 10.2 Å². The Labute approximate surface area is 181 Å². The summed E-state index contributed by atoms with van der Waals surface area (Å²) >= 11 is 0. The number of carbonyl (C=O) groups excluding carboxylic acids is 1. The number of ketones is 1. The van der Waals surface area contributed by atoms with Crippen molar-refractivity contribution in [3.05, 3.63) is 44.0 Å². The molecule has 0 amide bonds. The summed E-state index contributed by atoms with van der Waals surface area (Å²) in [6.45, 7) is 4.27. The molecule has 0 radical (unpaired) electrons. The van der Waals surface area contributed by atoms with E-state index in [0.717, 1.165) is 31.3 Å². The van der Waals surface area contributed by atoms with Crippen LogP contribution < -0.4 is 0 Å². The Morgan fingerprint density at radius 1 is 1.10 bits per heavy atom. The molecule has 31 heavy (non-hydrogen) atoms. The smallest absolute Gasteiger partial charge is 0.295 e. The number of nitrogens with zero attached hydrogens (tertiary/aromatic N) is 2. The van der Waals surface area contributed by atoms with Crippen LogP contribution in [0.4, 0.5) is 0 Å². The maximum absolute atomic E-state index is 12.0. The van der Waals surface area contributed by atoms with Gasteiger partial charge >= 0.3 is 0 Å². The van der Waals surface area contributed by atoms with Crippen LogP contribution in [0, 0.1) is 48.8 Å². The summed E-state index contributed by atoms with van der Waals surface area (Å²) in [4.78, 5) is 43.8. The standard InChI is InChI=1S/C22H30N2O7/c1-20-10-6-16(25)14-15(20)4-5-17-18(20)7-11-21(2)19(17)8-12-22(21,31-24(28)29)9-3-13-30-23(26)27/h4-5,14,17-19H,3,6-13H2,1-2H3/t17-,18+,19+,20+,21+,22+/m1/s1. The van der Waals surface area contributed by atoms with E-state index in [2.05, 4.69) is 30.8 Å². The number of hydrogen-bond acceptors (Lipinski definition) is 7. The first kappa shape index (κ1) is 21.8. The highest BCUT2D eigenvalue weighted by molar-refractivity contribution is 5.92. The molecule has 0 heterocycles. The van der Waals surface area contributed by atoms with Crippen molar-refractivity contribution in [2.75, 3.05) is 6.61 Å². The first-order chi connectivity index (χ1) is 14.6. The molecule has 9 nitrogen and oxygen atoms in total. The number of allylic oxidation sites excluding steroid dienone is 4. The quantitative estimate of drug-likeness (QED) is 0.334. The lowest BCUT2D eigenvalue weighted by Gasteiger charge is -2.57. The molecule has 0 aliphatic heterocycles. The zero-order valence-corrected chi connectivity index (χ0v) is 18.1. The molecule has 6 atom stereocenters. The van der Waals surface area contributed by atoms with Gasteiger partial charge in [0.15, 0.2) is 5.78 Å². The molecule has 2 saturated carbocycles. The fourth-order valence-electron chi connectivity index (χ4n) is 7.34. The fourth-order valence-corrected chi connectivity index (χ4v) is 7.34. The zero-order valence-electron chi connectivity index (χ0n) is 18.1. The van der Waals surface area contributed by atoms with Crippen LogP contribution >= 0.6 is 0 Å². The van der Waals surface area contributed by atoms with E-state index in [0.29, 0.717) is 31.6 Å². The molecule has 0 aromatic heterocycles. The SMILES string of the molecule is C[C@]12CCC(=O)C=C1C=C[C@@H]1[C@@H]2CC[C@@]2(C)[C@H]1CC[C@]2(CCCO[N+](=O)[O-])O[N+](=O)[O-]. The van der Waals surface area contributed by atoms with Crippen molar-refractivity contribution in [3.63, 3.8) is 0 Å². The third-order valence-corrected chi connectivity index (χ3v) is 8.98. The second kappa shape index (κ2) is 7.60. The predicted molar refractivity (Wildman–Crippen MR) is 110 cm³/mol. The van der Waals surface area contributed by atoms with Gasteiger partial charge in [-0.1, -0.05) is 26.0 Å². The van der Waals surface area contributed by atoms with E-state index in [1.807, 2.05) is 0 Å². The van der Waals surface area contributed by atoms with Crippen molar-refractivity contribution in [3.8, 4) is 0 Å². The monoisotopic (exact) mass is 434 g/mol. The van der Waals surface area contributed by atoms with E-state index in [1.165, 1.54) is 0 Å². The predicted octanol–water partition coefficient (Wildman–Crippen LogP) is 4.23. The molecule has 4 aliphatic rings. The van der Waals surface area contributed by atoms with Crippen molar-refractivity contribution in [2.24, 2.45) is 28.6 Å². The van der Waals surface area contributed by atoms with Crippen LogP contribution in [0.2, 0.25) is 0 Å². The van der Waals surface area contributed by atoms with E-state index >= 15 is 0 Å². The van der Waals surface area contributed by atoms with E-state index < -0.39 is 21.2 Å². The number of rotatable bonds is 7. The normalized spacial score (nSPS) is 40.9. The summed E-state index contributed by atoms with van der Waals surface area (Å²) in [5.41, 5.74) is -0.276. The molecule has 9 heteroatoms. The van der Waals surface area contributed by atoms with Crippen molar-refractivity contribution in [1.82, 2.24) is 0 Å². The first-order valence-electron chi connectivity index (χ1n) is 11.2. The van der Waals surface area contributed by atoms with Gasteiger partial charge in [0.2, 0.25) is 0 Å². The van der Waals surface area contributed by atoms with Gasteiger partial charge in [0, 0.05) is 11.8 Å². The van der Waals surface area contributed by atoms with Gasteiger partial charge in [-0.25, -0.2) is 0 Å². The van der Waals surface area contributed by atoms with Crippen LogP contribution in [-0.4, -0.2) is 28.2 Å². The van der Waals surface area contributed by atoms with Gasteiger partial charge < -0.3 is 9.68 Å². The van der Waals surface area contributed by atoms with Gasteiger partial charge in [-0.2, -0.15) is 0 Å². The number of carbonyl (C=O) groups is 1. The third kappa shape index (κ3) is 3.42. The molecule has 2 fully saturated rings. The Bertz CT molecular complexity index is 855. The highest BCUT2D eigenvalue weighted by atomic mass is 17.0. The average molecular weight is 434 g/mol. The summed E-state index contributed by atoms with van der Waals surface area (Å²) in [7, 11) is 0. The van der Waals surface area contributed by atoms with Crippen LogP contribution in [-0.2, 0) is 14.5 Å². The van der Waals surface area contributed by atoms with E-state index in [1.54, 1.807) is 6.08 Å². The first-order valence-corrected chi connectivity index (χ1v) is 11.2. The molecule has 0 saturated heterocycles. The lowest BCUT2D eigenvalue weighted by Crippen LogP contribution is -2.55. The van der Waals surface area contributed by atoms with Crippen LogP contribution in [0.25, 0.3) is 0 Å². The zero-order chi connectivity index (χ0) is 22.4. The molecular weight excluding hydrogens is 404 g/mol. The third-order valence-electron chi connectivity index (χ3n) is 8.98. The van der Waals surface area contributed by atoms with E-state index in [9.17, 15) is 25.0 Å². The summed E-state index contributed by atoms with van der Waals surface area (Å²) in [5, 5.41) is 20.4. The molecule has 0 N–H and O–H groups in total. The Balaban J connectivity index is 1.62. The molecule has 0 unspecified atom stereocenters. The lowest BCUT2D eigenvalue weighted by atomic mass is 9.48. The van der Waals surface area contributed by atoms with Crippen LogP contribution in [0.5, 0.6) is 0 Å². The molecule has 0 aromatic rings. The van der Waals surface area contributed by atoms with Gasteiger partial charge in [-0.15, -0.1) is 20.2 Å². The maximum Gasteiger partial charge on any atom is 0.295 e. The molecule has 0 bridgehead atoms. The van der Waals surface area contributed by atoms with Crippen molar-refractivity contribution in [1.29, 1.82) is 0 Å². The average Bonchev–Trinajstić information content (AvgIpc) is 2.97. The fraction of sp³-hybridized carbons (Fsp3) is 0.773. The molecule has 0 spiro atoms. The van der Waals surface area contributed by atoms with Crippen molar-refractivity contribution in [2.45, 2.75) is 70.8 Å². The van der Waals surface area contributed by atoms with Crippen LogP contribution in [0.3, 0.4) is 0 Å². The van der Waals surface area contributed by atoms with Gasteiger partial charge in [-0.05, 0) is 79.8 Å². The summed E-state index contributed by atoms with van der Waals surface area (Å²) < 4.78 is 0. The minimum Gasteiger partial charge on any atom is -0.314 e. The number of fused-ring (bicyclic) bond motifs is 5. The minimum atomic E-state index is -0.959. The second-order valence-corrected chi connectivity index (χ2v) is 10.1. The van der Waals surface area contributed by atoms with E-state index in [4.69, 9.17) is 4.84 Å². The van der Waals surface area contributed by atoms with Gasteiger partial charge in [0.05, 0.1) is 6.61 Å². The van der Waals surface area contributed by atoms with Crippen LogP contribution in [0.15, 0.2) is 23.8 Å². The Hall–Kier alpha value is -2.45. The van der Waals surface area contributed by atoms with Crippen molar-refractivity contribution >= 4 is 5.78 Å². The Morgan fingerprint density at radius 3 is 2.55 bits per heavy atom. The second-order valence-electron chi connectivity index (χ2n) is 10.1. The summed E-state index contributed by atoms with van der Waals surface area (Å²) in [5.74, 6) is 1.10. The molecular formula is C22H30N2O7. The lowest BCUT2D eigenvalue weighted by molar-refractivity contribution is -0.787. The highest BCUT2D eigenvalue weighted by Crippen LogP contribution is 2.67. The minimum absolute atomic E-state index is 0.0383. The topological polar surface area (TPSA) is 122 Å². The summed E-state index contributed by atoms with van der Waals surface area (Å²) in [6.07, 6.45) is 11.3. The van der Waals surface area contributed by atoms with Crippen molar-refractivity contribution < 1.29 is 24.6 Å². The van der Waals surface area contributed by atoms with E-state index in [-0.39, 0.29) is 29.6 Å². The van der Waals surface area contributed by atoms with Gasteiger partial charge in [-0.3, -0.25) is 4.79 Å². The Kier molecular flexibility index (Phi) is 5.34. The highest BCUT2D eigenvalue weighted by Gasteiger charge is 2.65. The van der Waals surface area contributed by atoms with Crippen LogP contribution in [0.1, 0.15) is 65.2 Å². The maximum atomic E-state index is 12.0. The summed E-state index contributed by atoms with van der Waals surface area (Å²) in [6, 6.07) is 0. The molecule has 4 rings (SSSR count). The molecule has 170 valence electrons. The number of hydrogen-bond donors (Lipinski definition) is 0. The Morgan fingerprint density at radius 2 is 1.84 bits per heavy atom. The van der Waals surface area contributed by atoms with Gasteiger partial charge in [0.1, 0.15) is 5.60 Å².